The van der Waals surface area contributed by atoms with Gasteiger partial charge in [0, 0.05) is 69.0 Å². The Kier molecular flexibility index (Phi) is 9.68. The molecule has 2 amide bonds. The fourth-order valence-electron chi connectivity index (χ4n) is 5.92. The van der Waals surface area contributed by atoms with Crippen LogP contribution in [0.1, 0.15) is 48.5 Å². The fourth-order valence-corrected chi connectivity index (χ4v) is 5.92. The van der Waals surface area contributed by atoms with Crippen molar-refractivity contribution in [3.05, 3.63) is 81.2 Å². The highest BCUT2D eigenvalue weighted by atomic mass is 19.4. The molecule has 2 aliphatic heterocycles. The largest absolute Gasteiger partial charge is 0.462 e. The molecule has 1 N–H and O–H groups in total. The highest BCUT2D eigenvalue weighted by Crippen LogP contribution is 2.34. The maximum Gasteiger partial charge on any atom is 0.395 e. The molecule has 236 valence electrons. The van der Waals surface area contributed by atoms with E-state index in [9.17, 15) is 22.8 Å². The van der Waals surface area contributed by atoms with E-state index >= 15 is 0 Å². The highest BCUT2D eigenvalue weighted by Gasteiger charge is 2.38. The number of likely N-dealkylation sites (tertiary alicyclic amines) is 1. The van der Waals surface area contributed by atoms with E-state index < -0.39 is 12.1 Å². The standard InChI is InChI=1S/C34H40F3N3O4/c1-22-16-26-5-4-23(2)39(21-27(26)17-31(22)32(41)38-14-15-43-3)18-24-19-40(20-24)33(42)25-6-10-29(11-7-25)44-30-12-8-28(9-13-30)34(35,36)37/h5-6,8,10,12-13,16-17,21,23-24,28H,4,7,9,11,14-15,18-20H2,1-3H3,(H,38,41). The number of carbonyl (C=O) groups is 2. The minimum absolute atomic E-state index is 0.0209. The number of aryl methyl sites for hydroxylation is 1. The summed E-state index contributed by atoms with van der Waals surface area (Å²) in [5.74, 6) is -0.186. The number of hydrogen-bond acceptors (Lipinski definition) is 5. The van der Waals surface area contributed by atoms with Crippen molar-refractivity contribution in [1.82, 2.24) is 15.1 Å². The van der Waals surface area contributed by atoms with Crippen LogP contribution in [0.25, 0.3) is 12.3 Å². The molecule has 1 saturated heterocycles. The minimum atomic E-state index is -4.25. The molecule has 7 nitrogen and oxygen atoms in total. The van der Waals surface area contributed by atoms with E-state index in [0.717, 1.165) is 35.0 Å². The van der Waals surface area contributed by atoms with Crippen LogP contribution in [0, 0.1) is 18.8 Å². The molecule has 1 aromatic carbocycles. The Bertz CT molecular complexity index is 1520. The predicted molar refractivity (Wildman–Crippen MR) is 162 cm³/mol. The molecule has 0 radical (unpaired) electrons. The summed E-state index contributed by atoms with van der Waals surface area (Å²) >= 11 is 0. The van der Waals surface area contributed by atoms with Crippen LogP contribution in [0.15, 0.2) is 59.6 Å². The summed E-state index contributed by atoms with van der Waals surface area (Å²) < 4.78 is 49.4. The SMILES string of the molecule is COCCNC(=O)c1cc2c(cc1C)=CCC(C)N(CC1CN(C(=O)C3=CC=C(OC4=CCC(C(F)(F)F)C=C4)CC3)C1)C=2. The third-order valence-corrected chi connectivity index (χ3v) is 8.65. The second-order valence-corrected chi connectivity index (χ2v) is 12.0. The van der Waals surface area contributed by atoms with E-state index in [1.807, 2.05) is 17.9 Å². The number of nitrogens with one attached hydrogen (secondary N) is 1. The Hall–Kier alpha value is -3.79. The molecule has 5 rings (SSSR count). The quantitative estimate of drug-likeness (QED) is 0.427. The summed E-state index contributed by atoms with van der Waals surface area (Å²) in [7, 11) is 1.60. The first kappa shape index (κ1) is 31.6. The van der Waals surface area contributed by atoms with Gasteiger partial charge < -0.3 is 24.6 Å². The van der Waals surface area contributed by atoms with Crippen LogP contribution >= 0.6 is 0 Å². The lowest BCUT2D eigenvalue weighted by Crippen LogP contribution is -2.54. The molecule has 0 aromatic heterocycles. The minimum Gasteiger partial charge on any atom is -0.462 e. The molecule has 0 bridgehead atoms. The molecular formula is C34H40F3N3O4. The molecule has 10 heteroatoms. The van der Waals surface area contributed by atoms with Gasteiger partial charge in [0.2, 0.25) is 5.91 Å². The van der Waals surface area contributed by atoms with Gasteiger partial charge in [-0.25, -0.2) is 0 Å². The topological polar surface area (TPSA) is 71.1 Å². The van der Waals surface area contributed by atoms with Crippen LogP contribution in [0.5, 0.6) is 0 Å². The average molecular weight is 612 g/mol. The van der Waals surface area contributed by atoms with Gasteiger partial charge in [0.25, 0.3) is 5.91 Å². The lowest BCUT2D eigenvalue weighted by molar-refractivity contribution is -0.160. The number of benzene rings is 1. The Morgan fingerprint density at radius 2 is 1.86 bits per heavy atom. The first-order valence-electron chi connectivity index (χ1n) is 15.2. The number of nitrogens with zero attached hydrogens (tertiary/aromatic N) is 2. The maximum absolute atomic E-state index is 13.1. The highest BCUT2D eigenvalue weighted by molar-refractivity contribution is 5.95. The molecular weight excluding hydrogens is 571 g/mol. The Morgan fingerprint density at radius 1 is 1.07 bits per heavy atom. The normalized spacial score (nSPS) is 21.9. The van der Waals surface area contributed by atoms with Crippen LogP contribution in [-0.4, -0.2) is 73.7 Å². The number of rotatable bonds is 9. The van der Waals surface area contributed by atoms with Crippen LogP contribution in [-0.2, 0) is 14.3 Å². The Labute approximate surface area is 256 Å². The van der Waals surface area contributed by atoms with Crippen molar-refractivity contribution in [3.8, 4) is 0 Å². The molecule has 2 unspecified atom stereocenters. The van der Waals surface area contributed by atoms with Crippen molar-refractivity contribution in [2.45, 2.75) is 51.7 Å². The zero-order valence-electron chi connectivity index (χ0n) is 25.5. The van der Waals surface area contributed by atoms with Crippen molar-refractivity contribution in [2.75, 3.05) is 39.9 Å². The lowest BCUT2D eigenvalue weighted by Gasteiger charge is -2.43. The summed E-state index contributed by atoms with van der Waals surface area (Å²) in [6.07, 6.45) is 9.40. The van der Waals surface area contributed by atoms with Gasteiger partial charge in [0.05, 0.1) is 12.5 Å². The molecule has 0 spiro atoms. The third-order valence-electron chi connectivity index (χ3n) is 8.65. The number of allylic oxidation sites excluding steroid dienone is 6. The van der Waals surface area contributed by atoms with E-state index in [-0.39, 0.29) is 24.3 Å². The second-order valence-electron chi connectivity index (χ2n) is 12.0. The monoisotopic (exact) mass is 611 g/mol. The van der Waals surface area contributed by atoms with E-state index in [4.69, 9.17) is 9.47 Å². The molecule has 2 atom stereocenters. The number of ether oxygens (including phenoxy) is 2. The van der Waals surface area contributed by atoms with Crippen LogP contribution in [0.3, 0.4) is 0 Å². The van der Waals surface area contributed by atoms with Gasteiger partial charge in [-0.2, -0.15) is 13.2 Å². The number of halogens is 3. The Morgan fingerprint density at radius 3 is 2.52 bits per heavy atom. The zero-order chi connectivity index (χ0) is 31.4. The number of alkyl halides is 3. The third kappa shape index (κ3) is 7.46. The second kappa shape index (κ2) is 13.5. The van der Waals surface area contributed by atoms with Crippen molar-refractivity contribution in [3.63, 3.8) is 0 Å². The number of methoxy groups -OCH3 is 1. The number of fused-ring (bicyclic) bond motifs is 1. The molecule has 44 heavy (non-hydrogen) atoms. The number of carbonyl (C=O) groups excluding carboxylic acids is 2. The number of amides is 2. The Balaban J connectivity index is 1.16. The molecule has 4 aliphatic rings. The average Bonchev–Trinajstić information content (AvgIpc) is 3.12. The van der Waals surface area contributed by atoms with E-state index in [2.05, 4.69) is 35.5 Å². The maximum atomic E-state index is 13.1. The van der Waals surface area contributed by atoms with Gasteiger partial charge in [-0.15, -0.1) is 0 Å². The molecule has 2 aliphatic carbocycles. The van der Waals surface area contributed by atoms with Gasteiger partial charge in [-0.1, -0.05) is 24.3 Å². The first-order chi connectivity index (χ1) is 21.0. The fraction of sp³-hybridized carbons (Fsp3) is 0.471. The van der Waals surface area contributed by atoms with Crippen molar-refractivity contribution >= 4 is 24.1 Å². The summed E-state index contributed by atoms with van der Waals surface area (Å²) in [6, 6.07) is 4.32. The first-order valence-corrected chi connectivity index (χ1v) is 15.2. The van der Waals surface area contributed by atoms with Gasteiger partial charge in [-0.3, -0.25) is 9.59 Å². The van der Waals surface area contributed by atoms with Crippen molar-refractivity contribution < 1.29 is 32.2 Å². The zero-order valence-corrected chi connectivity index (χ0v) is 25.5. The van der Waals surface area contributed by atoms with Gasteiger partial charge in [-0.05, 0) is 73.4 Å². The van der Waals surface area contributed by atoms with Gasteiger partial charge in [0.1, 0.15) is 11.5 Å². The summed E-state index contributed by atoms with van der Waals surface area (Å²) in [5, 5.41) is 5.05. The van der Waals surface area contributed by atoms with E-state index in [1.54, 1.807) is 19.3 Å². The molecule has 1 fully saturated rings. The predicted octanol–water partition coefficient (Wildman–Crippen LogP) is 4.09. The van der Waals surface area contributed by atoms with Gasteiger partial charge >= 0.3 is 6.18 Å². The van der Waals surface area contributed by atoms with Crippen molar-refractivity contribution in [1.29, 1.82) is 0 Å². The molecule has 1 aromatic rings. The molecule has 0 saturated carbocycles. The van der Waals surface area contributed by atoms with Crippen LogP contribution in [0.2, 0.25) is 0 Å². The van der Waals surface area contributed by atoms with Crippen molar-refractivity contribution in [2.24, 2.45) is 11.8 Å². The smallest absolute Gasteiger partial charge is 0.395 e. The summed E-state index contributed by atoms with van der Waals surface area (Å²) in [4.78, 5) is 30.1. The number of hydrogen-bond donors (Lipinski definition) is 1. The van der Waals surface area contributed by atoms with Crippen LogP contribution in [0.4, 0.5) is 13.2 Å². The lowest BCUT2D eigenvalue weighted by atomic mass is 9.95. The van der Waals surface area contributed by atoms with Gasteiger partial charge in [0.15, 0.2) is 0 Å². The summed E-state index contributed by atoms with van der Waals surface area (Å²) in [5.41, 5.74) is 2.31. The van der Waals surface area contributed by atoms with E-state index in [0.29, 0.717) is 67.7 Å². The van der Waals surface area contributed by atoms with E-state index in [1.165, 1.54) is 12.2 Å². The molecule has 2 heterocycles. The summed E-state index contributed by atoms with van der Waals surface area (Å²) in [6.45, 7) is 7.23. The van der Waals surface area contributed by atoms with Crippen LogP contribution < -0.4 is 15.8 Å².